The maximum atomic E-state index is 12.0. The summed E-state index contributed by atoms with van der Waals surface area (Å²) in [4.78, 5) is -0.0962. The van der Waals surface area contributed by atoms with E-state index in [9.17, 15) is 13.0 Å². The third-order valence-corrected chi connectivity index (χ3v) is 5.98. The van der Waals surface area contributed by atoms with Crippen molar-refractivity contribution < 1.29 is 13.0 Å². The second-order valence-corrected chi connectivity index (χ2v) is 10.9. The molecule has 0 fully saturated rings. The van der Waals surface area contributed by atoms with Crippen LogP contribution in [0.2, 0.25) is 0 Å². The highest BCUT2D eigenvalue weighted by atomic mass is 32.2. The average molecular weight is 412 g/mol. The molecule has 3 rings (SSSR count). The maximum absolute atomic E-state index is 12.0. The molecule has 3 aromatic rings. The van der Waals surface area contributed by atoms with Gasteiger partial charge in [-0.25, -0.2) is 0 Å². The van der Waals surface area contributed by atoms with Gasteiger partial charge in [0, 0.05) is 16.8 Å². The van der Waals surface area contributed by atoms with Crippen LogP contribution in [0.3, 0.4) is 0 Å². The minimum atomic E-state index is -4.35. The summed E-state index contributed by atoms with van der Waals surface area (Å²) in [6, 6.07) is 16.9. The molecular formula is C24H29NO3S. The molecule has 4 nitrogen and oxygen atoms in total. The predicted molar refractivity (Wildman–Crippen MR) is 121 cm³/mol. The van der Waals surface area contributed by atoms with Crippen molar-refractivity contribution in [2.75, 3.05) is 5.32 Å². The molecule has 0 amide bonds. The first-order chi connectivity index (χ1) is 13.3. The van der Waals surface area contributed by atoms with Crippen molar-refractivity contribution in [1.82, 2.24) is 0 Å². The van der Waals surface area contributed by atoms with Crippen LogP contribution in [0.5, 0.6) is 0 Å². The molecule has 5 heteroatoms. The Labute approximate surface area is 173 Å². The Bertz CT molecular complexity index is 1130. The van der Waals surface area contributed by atoms with Crippen LogP contribution in [0.4, 0.5) is 11.4 Å². The highest BCUT2D eigenvalue weighted by Gasteiger charge is 2.21. The Balaban J connectivity index is 2.22. The van der Waals surface area contributed by atoms with Crippen LogP contribution < -0.4 is 5.32 Å². The average Bonchev–Trinajstić information content (AvgIpc) is 2.59. The van der Waals surface area contributed by atoms with E-state index in [1.165, 1.54) is 17.2 Å². The van der Waals surface area contributed by atoms with Gasteiger partial charge in [0.1, 0.15) is 4.90 Å². The molecule has 0 atom stereocenters. The molecule has 0 saturated carbocycles. The lowest BCUT2D eigenvalue weighted by Gasteiger charge is -2.26. The van der Waals surface area contributed by atoms with E-state index in [0.717, 1.165) is 11.1 Å². The molecule has 0 saturated heterocycles. The molecule has 3 aromatic carbocycles. The highest BCUT2D eigenvalue weighted by Crippen LogP contribution is 2.36. The van der Waals surface area contributed by atoms with Crippen LogP contribution in [0.15, 0.2) is 59.5 Å². The zero-order valence-corrected chi connectivity index (χ0v) is 18.7. The van der Waals surface area contributed by atoms with Gasteiger partial charge < -0.3 is 5.32 Å². The van der Waals surface area contributed by atoms with Gasteiger partial charge in [-0.3, -0.25) is 4.55 Å². The molecule has 2 N–H and O–H groups in total. The van der Waals surface area contributed by atoms with Crippen LogP contribution in [-0.2, 0) is 20.9 Å². The first-order valence-electron chi connectivity index (χ1n) is 9.69. The molecule has 29 heavy (non-hydrogen) atoms. The summed E-state index contributed by atoms with van der Waals surface area (Å²) < 4.78 is 33.6. The van der Waals surface area contributed by atoms with Crippen molar-refractivity contribution in [3.63, 3.8) is 0 Å². The van der Waals surface area contributed by atoms with E-state index >= 15 is 0 Å². The summed E-state index contributed by atoms with van der Waals surface area (Å²) in [5.41, 5.74) is 3.86. The quantitative estimate of drug-likeness (QED) is 0.488. The fourth-order valence-corrected chi connectivity index (χ4v) is 4.08. The fourth-order valence-electron chi connectivity index (χ4n) is 3.35. The van der Waals surface area contributed by atoms with Gasteiger partial charge in [0.15, 0.2) is 0 Å². The number of nitrogens with one attached hydrogen (secondary N) is 1. The SMILES string of the molecule is CC(C)(C)c1cc(Nc2cccc3cccc(S(=O)(=O)O)c23)cc(C(C)(C)C)c1. The molecule has 0 spiro atoms. The number of hydrogen-bond donors (Lipinski definition) is 2. The second kappa shape index (κ2) is 7.15. The van der Waals surface area contributed by atoms with Crippen LogP contribution in [0.1, 0.15) is 52.7 Å². The monoisotopic (exact) mass is 411 g/mol. The summed E-state index contributed by atoms with van der Waals surface area (Å²) in [5, 5.41) is 4.63. The minimum absolute atomic E-state index is 0.0317. The van der Waals surface area contributed by atoms with Crippen molar-refractivity contribution >= 4 is 32.3 Å². The Morgan fingerprint density at radius 2 is 1.31 bits per heavy atom. The van der Waals surface area contributed by atoms with Crippen LogP contribution in [-0.4, -0.2) is 13.0 Å². The van der Waals surface area contributed by atoms with Gasteiger partial charge in [-0.05, 0) is 51.6 Å². The second-order valence-electron chi connectivity index (χ2n) is 9.56. The normalized spacial score (nSPS) is 12.9. The number of rotatable bonds is 3. The fraction of sp³-hybridized carbons (Fsp3) is 0.333. The summed E-state index contributed by atoms with van der Waals surface area (Å²) in [7, 11) is -4.35. The topological polar surface area (TPSA) is 66.4 Å². The van der Waals surface area contributed by atoms with Gasteiger partial charge in [-0.15, -0.1) is 0 Å². The number of anilines is 2. The van der Waals surface area contributed by atoms with Gasteiger partial charge in [0.25, 0.3) is 10.1 Å². The third kappa shape index (κ3) is 4.62. The largest absolute Gasteiger partial charge is 0.355 e. The molecule has 0 radical (unpaired) electrons. The van der Waals surface area contributed by atoms with Gasteiger partial charge in [0.05, 0.1) is 0 Å². The Kier molecular flexibility index (Phi) is 5.26. The maximum Gasteiger partial charge on any atom is 0.295 e. The molecule has 0 aliphatic rings. The van der Waals surface area contributed by atoms with E-state index in [1.54, 1.807) is 6.07 Å². The van der Waals surface area contributed by atoms with E-state index in [0.29, 0.717) is 11.1 Å². The van der Waals surface area contributed by atoms with Gasteiger partial charge >= 0.3 is 0 Å². The summed E-state index contributed by atoms with van der Waals surface area (Å²) >= 11 is 0. The number of hydrogen-bond acceptors (Lipinski definition) is 3. The first-order valence-corrected chi connectivity index (χ1v) is 11.1. The summed E-state index contributed by atoms with van der Waals surface area (Å²) in [5.74, 6) is 0. The molecular weight excluding hydrogens is 382 g/mol. The summed E-state index contributed by atoms with van der Waals surface area (Å²) in [6.45, 7) is 13.0. The van der Waals surface area contributed by atoms with E-state index in [1.807, 2.05) is 24.3 Å². The van der Waals surface area contributed by atoms with Gasteiger partial charge in [0.2, 0.25) is 0 Å². The highest BCUT2D eigenvalue weighted by molar-refractivity contribution is 7.86. The summed E-state index contributed by atoms with van der Waals surface area (Å²) in [6.07, 6.45) is 0. The zero-order chi connectivity index (χ0) is 21.6. The van der Waals surface area contributed by atoms with Crippen molar-refractivity contribution in [2.45, 2.75) is 57.3 Å². The predicted octanol–water partition coefficient (Wildman–Crippen LogP) is 6.43. The first kappa shape index (κ1) is 21.3. The van der Waals surface area contributed by atoms with Crippen LogP contribution >= 0.6 is 0 Å². The van der Waals surface area contributed by atoms with Crippen molar-refractivity contribution in [3.05, 3.63) is 65.7 Å². The van der Waals surface area contributed by atoms with Crippen molar-refractivity contribution in [3.8, 4) is 0 Å². The Morgan fingerprint density at radius 3 is 1.79 bits per heavy atom. The van der Waals surface area contributed by atoms with Crippen molar-refractivity contribution in [1.29, 1.82) is 0 Å². The molecule has 0 heterocycles. The lowest BCUT2D eigenvalue weighted by Crippen LogP contribution is -2.16. The third-order valence-electron chi connectivity index (χ3n) is 5.09. The van der Waals surface area contributed by atoms with E-state index in [2.05, 4.69) is 65.1 Å². The molecule has 0 aliphatic carbocycles. The lowest BCUT2D eigenvalue weighted by atomic mass is 9.80. The molecule has 0 aliphatic heterocycles. The molecule has 0 aromatic heterocycles. The smallest absolute Gasteiger partial charge is 0.295 e. The zero-order valence-electron chi connectivity index (χ0n) is 17.9. The van der Waals surface area contributed by atoms with Gasteiger partial charge in [-0.2, -0.15) is 8.42 Å². The van der Waals surface area contributed by atoms with E-state index in [-0.39, 0.29) is 15.7 Å². The molecule has 0 bridgehead atoms. The van der Waals surface area contributed by atoms with Crippen molar-refractivity contribution in [2.24, 2.45) is 0 Å². The van der Waals surface area contributed by atoms with Crippen LogP contribution in [0.25, 0.3) is 10.8 Å². The standard InChI is InChI=1S/C24H29NO3S/c1-23(2,3)17-13-18(24(4,5)6)15-19(14-17)25-20-11-7-9-16-10-8-12-21(22(16)20)29(26,27)28/h7-15,25H,1-6H3,(H,26,27,28). The molecule has 0 unspecified atom stereocenters. The van der Waals surface area contributed by atoms with Gasteiger partial charge in [-0.1, -0.05) is 71.9 Å². The minimum Gasteiger partial charge on any atom is -0.355 e. The van der Waals surface area contributed by atoms with E-state index in [4.69, 9.17) is 0 Å². The Hall–Kier alpha value is -2.37. The van der Waals surface area contributed by atoms with Crippen LogP contribution in [0, 0.1) is 0 Å². The lowest BCUT2D eigenvalue weighted by molar-refractivity contribution is 0.484. The van der Waals surface area contributed by atoms with E-state index < -0.39 is 10.1 Å². The number of fused-ring (bicyclic) bond motifs is 1. The molecule has 154 valence electrons. The number of benzene rings is 3. The Morgan fingerprint density at radius 1 is 0.793 bits per heavy atom.